The van der Waals surface area contributed by atoms with Gasteiger partial charge in [-0.3, -0.25) is 9.59 Å². The van der Waals surface area contributed by atoms with Gasteiger partial charge in [-0.1, -0.05) is 13.0 Å². The minimum atomic E-state index is -0.527. The van der Waals surface area contributed by atoms with E-state index in [1.165, 1.54) is 6.07 Å². The van der Waals surface area contributed by atoms with E-state index >= 15 is 0 Å². The van der Waals surface area contributed by atoms with E-state index in [9.17, 15) is 9.59 Å². The Bertz CT molecular complexity index is 435. The topological polar surface area (TPSA) is 98.2 Å². The Balaban J connectivity index is 0.00000289. The molecule has 6 heteroatoms. The maximum atomic E-state index is 11.7. The molecular weight excluding hydrogens is 254 g/mol. The molecule has 0 bridgehead atoms. The van der Waals surface area contributed by atoms with Crippen molar-refractivity contribution < 1.29 is 9.59 Å². The van der Waals surface area contributed by atoms with Crippen molar-refractivity contribution in [3.05, 3.63) is 29.8 Å². The lowest BCUT2D eigenvalue weighted by molar-refractivity contribution is -0.119. The zero-order chi connectivity index (χ0) is 13.0. The van der Waals surface area contributed by atoms with Crippen molar-refractivity contribution in [1.29, 1.82) is 0 Å². The van der Waals surface area contributed by atoms with Gasteiger partial charge in [-0.15, -0.1) is 12.4 Å². The fourth-order valence-corrected chi connectivity index (χ4v) is 1.25. The van der Waals surface area contributed by atoms with Crippen LogP contribution in [0.2, 0.25) is 0 Å². The van der Waals surface area contributed by atoms with Crippen molar-refractivity contribution in [3.63, 3.8) is 0 Å². The highest BCUT2D eigenvalue weighted by atomic mass is 35.5. The molecule has 0 spiro atoms. The zero-order valence-corrected chi connectivity index (χ0v) is 11.2. The molecule has 0 saturated heterocycles. The first kappa shape index (κ1) is 16.4. The molecule has 100 valence electrons. The van der Waals surface area contributed by atoms with Crippen LogP contribution in [-0.4, -0.2) is 17.9 Å². The van der Waals surface area contributed by atoms with Crippen LogP contribution in [0.5, 0.6) is 0 Å². The fraction of sp³-hybridized carbons (Fsp3) is 0.333. The number of benzene rings is 1. The molecule has 0 aromatic heterocycles. The maximum absolute atomic E-state index is 11.7. The molecule has 0 fully saturated rings. The summed E-state index contributed by atoms with van der Waals surface area (Å²) in [6.45, 7) is 3.52. The lowest BCUT2D eigenvalue weighted by Gasteiger charge is -2.15. The van der Waals surface area contributed by atoms with Gasteiger partial charge in [0.15, 0.2) is 0 Å². The molecule has 0 aliphatic heterocycles. The Morgan fingerprint density at radius 1 is 1.28 bits per heavy atom. The number of hydrogen-bond donors (Lipinski definition) is 3. The number of primary amides is 1. The summed E-state index contributed by atoms with van der Waals surface area (Å²) in [5.74, 6) is -1.00. The van der Waals surface area contributed by atoms with Crippen LogP contribution in [0, 0.1) is 5.92 Å². The molecule has 18 heavy (non-hydrogen) atoms. The van der Waals surface area contributed by atoms with Crippen molar-refractivity contribution in [3.8, 4) is 0 Å². The van der Waals surface area contributed by atoms with Gasteiger partial charge in [-0.25, -0.2) is 0 Å². The molecule has 2 unspecified atom stereocenters. The Morgan fingerprint density at radius 2 is 1.89 bits per heavy atom. The van der Waals surface area contributed by atoms with E-state index in [2.05, 4.69) is 5.32 Å². The maximum Gasteiger partial charge on any atom is 0.248 e. The summed E-state index contributed by atoms with van der Waals surface area (Å²) < 4.78 is 0. The van der Waals surface area contributed by atoms with Crippen LogP contribution in [0.15, 0.2) is 24.3 Å². The summed E-state index contributed by atoms with van der Waals surface area (Å²) in [5, 5.41) is 2.69. The van der Waals surface area contributed by atoms with Crippen molar-refractivity contribution >= 4 is 29.9 Å². The van der Waals surface area contributed by atoms with Gasteiger partial charge in [0, 0.05) is 17.3 Å². The molecule has 5 nitrogen and oxygen atoms in total. The number of hydrogen-bond acceptors (Lipinski definition) is 3. The highest BCUT2D eigenvalue weighted by molar-refractivity contribution is 5.96. The molecule has 5 N–H and O–H groups in total. The summed E-state index contributed by atoms with van der Waals surface area (Å²) in [6, 6.07) is 6.25. The number of halogens is 1. The molecule has 1 aromatic rings. The van der Waals surface area contributed by atoms with Gasteiger partial charge >= 0.3 is 0 Å². The first-order valence-electron chi connectivity index (χ1n) is 5.38. The van der Waals surface area contributed by atoms with E-state index in [1.807, 2.05) is 0 Å². The highest BCUT2D eigenvalue weighted by Crippen LogP contribution is 2.12. The van der Waals surface area contributed by atoms with E-state index in [1.54, 1.807) is 32.0 Å². The van der Waals surface area contributed by atoms with Gasteiger partial charge in [0.25, 0.3) is 0 Å². The molecule has 0 saturated carbocycles. The lowest BCUT2D eigenvalue weighted by atomic mass is 10.0. The van der Waals surface area contributed by atoms with Crippen LogP contribution in [0.1, 0.15) is 24.2 Å². The normalized spacial score (nSPS) is 13.1. The summed E-state index contributed by atoms with van der Waals surface area (Å²) in [5.41, 5.74) is 11.7. The predicted molar refractivity (Wildman–Crippen MR) is 73.7 cm³/mol. The third kappa shape index (κ3) is 4.35. The van der Waals surface area contributed by atoms with Gasteiger partial charge < -0.3 is 16.8 Å². The number of nitrogens with two attached hydrogens (primary N) is 2. The lowest BCUT2D eigenvalue weighted by Crippen LogP contribution is -2.34. The van der Waals surface area contributed by atoms with Gasteiger partial charge in [-0.2, -0.15) is 0 Å². The minimum Gasteiger partial charge on any atom is -0.366 e. The number of carbonyl (C=O) groups excluding carboxylic acids is 2. The smallest absolute Gasteiger partial charge is 0.248 e. The van der Waals surface area contributed by atoms with Gasteiger partial charge in [0.05, 0.1) is 5.92 Å². The van der Waals surface area contributed by atoms with E-state index in [0.717, 1.165) is 0 Å². The largest absolute Gasteiger partial charge is 0.366 e. The van der Waals surface area contributed by atoms with Gasteiger partial charge in [-0.05, 0) is 25.1 Å². The fourth-order valence-electron chi connectivity index (χ4n) is 1.25. The first-order chi connectivity index (χ1) is 7.91. The zero-order valence-electron chi connectivity index (χ0n) is 10.3. The van der Waals surface area contributed by atoms with E-state index < -0.39 is 5.91 Å². The van der Waals surface area contributed by atoms with Gasteiger partial charge in [0.1, 0.15) is 0 Å². The summed E-state index contributed by atoms with van der Waals surface area (Å²) >= 11 is 0. The van der Waals surface area contributed by atoms with Crippen molar-refractivity contribution in [2.45, 2.75) is 19.9 Å². The predicted octanol–water partition coefficient (Wildman–Crippen LogP) is 1.13. The van der Waals surface area contributed by atoms with Crippen LogP contribution in [0.3, 0.4) is 0 Å². The first-order valence-corrected chi connectivity index (χ1v) is 5.38. The summed E-state index contributed by atoms with van der Waals surface area (Å²) in [4.78, 5) is 22.7. The molecular formula is C12H18ClN3O2. The molecule has 1 aromatic carbocycles. The summed E-state index contributed by atoms with van der Waals surface area (Å²) in [7, 11) is 0. The Labute approximate surface area is 112 Å². The monoisotopic (exact) mass is 271 g/mol. The molecule has 2 amide bonds. The number of carbonyl (C=O) groups is 2. The van der Waals surface area contributed by atoms with Crippen LogP contribution >= 0.6 is 12.4 Å². The van der Waals surface area contributed by atoms with Gasteiger partial charge in [0.2, 0.25) is 11.8 Å². The van der Waals surface area contributed by atoms with Crippen molar-refractivity contribution in [2.24, 2.45) is 17.4 Å². The molecule has 0 aliphatic carbocycles. The number of rotatable bonds is 4. The number of nitrogens with one attached hydrogen (secondary N) is 1. The van der Waals surface area contributed by atoms with E-state index in [4.69, 9.17) is 11.5 Å². The number of anilines is 1. The molecule has 2 atom stereocenters. The molecule has 1 rings (SSSR count). The Morgan fingerprint density at radius 3 is 2.39 bits per heavy atom. The second kappa shape index (κ2) is 6.98. The van der Waals surface area contributed by atoms with Crippen LogP contribution < -0.4 is 16.8 Å². The second-order valence-electron chi connectivity index (χ2n) is 4.08. The third-order valence-electron chi connectivity index (χ3n) is 2.62. The molecule has 0 radical (unpaired) electrons. The minimum absolute atomic E-state index is 0. The third-order valence-corrected chi connectivity index (χ3v) is 2.62. The standard InChI is InChI=1S/C12H17N3O2.ClH/c1-7(8(2)13)12(17)15-10-5-3-4-9(6-10)11(14)16;/h3-8H,13H2,1-2H3,(H2,14,16)(H,15,17);1H. The Hall–Kier alpha value is -1.59. The number of amides is 2. The van der Waals surface area contributed by atoms with Crippen molar-refractivity contribution in [1.82, 2.24) is 0 Å². The summed E-state index contributed by atoms with van der Waals surface area (Å²) in [6.07, 6.45) is 0. The van der Waals surface area contributed by atoms with Crippen LogP contribution in [0.4, 0.5) is 5.69 Å². The van der Waals surface area contributed by atoms with Crippen molar-refractivity contribution in [2.75, 3.05) is 5.32 Å². The molecule has 0 aliphatic rings. The van der Waals surface area contributed by atoms with Crippen LogP contribution in [0.25, 0.3) is 0 Å². The quantitative estimate of drug-likeness (QED) is 0.765. The molecule has 0 heterocycles. The average Bonchev–Trinajstić information content (AvgIpc) is 2.28. The van der Waals surface area contributed by atoms with Crippen LogP contribution in [-0.2, 0) is 4.79 Å². The SMILES string of the molecule is CC(N)C(C)C(=O)Nc1cccc(C(N)=O)c1.Cl. The van der Waals surface area contributed by atoms with E-state index in [-0.39, 0.29) is 30.3 Å². The second-order valence-corrected chi connectivity index (χ2v) is 4.08. The average molecular weight is 272 g/mol. The Kier molecular flexibility index (Phi) is 6.36. The highest BCUT2D eigenvalue weighted by Gasteiger charge is 2.17. The van der Waals surface area contributed by atoms with E-state index in [0.29, 0.717) is 11.3 Å².